The van der Waals surface area contributed by atoms with E-state index in [1.165, 1.54) is 18.2 Å². The van der Waals surface area contributed by atoms with Crippen LogP contribution < -0.4 is 16.0 Å². The average molecular weight is 395 g/mol. The van der Waals surface area contributed by atoms with Crippen molar-refractivity contribution in [2.45, 2.75) is 13.1 Å². The van der Waals surface area contributed by atoms with Gasteiger partial charge in [-0.1, -0.05) is 30.3 Å². The maximum absolute atomic E-state index is 13.5. The molecule has 3 N–H and O–H groups in total. The van der Waals surface area contributed by atoms with Crippen LogP contribution in [0.3, 0.4) is 0 Å². The highest BCUT2D eigenvalue weighted by Crippen LogP contribution is 2.11. The third kappa shape index (κ3) is 5.87. The number of urea groups is 1. The van der Waals surface area contributed by atoms with E-state index < -0.39 is 6.03 Å². The number of amides is 3. The summed E-state index contributed by atoms with van der Waals surface area (Å²) >= 11 is 0. The van der Waals surface area contributed by atoms with E-state index in [1.54, 1.807) is 54.6 Å². The van der Waals surface area contributed by atoms with E-state index in [-0.39, 0.29) is 30.6 Å². The van der Waals surface area contributed by atoms with Gasteiger partial charge in [-0.05, 0) is 48.0 Å². The number of anilines is 1. The highest BCUT2D eigenvalue weighted by Gasteiger charge is 2.08. The lowest BCUT2D eigenvalue weighted by Crippen LogP contribution is -2.28. The van der Waals surface area contributed by atoms with Crippen molar-refractivity contribution < 1.29 is 18.4 Å². The maximum atomic E-state index is 13.5. The summed E-state index contributed by atoms with van der Waals surface area (Å²) in [4.78, 5) is 24.1. The largest absolute Gasteiger partial charge is 0.348 e. The van der Waals surface area contributed by atoms with E-state index in [0.29, 0.717) is 16.8 Å². The van der Waals surface area contributed by atoms with Gasteiger partial charge in [-0.3, -0.25) is 4.79 Å². The lowest BCUT2D eigenvalue weighted by atomic mass is 10.1. The van der Waals surface area contributed by atoms with Crippen LogP contribution in [-0.2, 0) is 13.1 Å². The molecular formula is C22H19F2N3O2. The molecule has 0 saturated heterocycles. The lowest BCUT2D eigenvalue weighted by Gasteiger charge is -2.09. The molecule has 0 spiro atoms. The summed E-state index contributed by atoms with van der Waals surface area (Å²) < 4.78 is 26.4. The Labute approximate surface area is 166 Å². The van der Waals surface area contributed by atoms with Crippen molar-refractivity contribution in [3.05, 3.63) is 101 Å². The Kier molecular flexibility index (Phi) is 6.52. The van der Waals surface area contributed by atoms with Crippen LogP contribution in [0, 0.1) is 11.6 Å². The van der Waals surface area contributed by atoms with Crippen LogP contribution in [0.25, 0.3) is 0 Å². The molecule has 29 heavy (non-hydrogen) atoms. The van der Waals surface area contributed by atoms with Gasteiger partial charge in [0, 0.05) is 29.9 Å². The normalized spacial score (nSPS) is 10.3. The summed E-state index contributed by atoms with van der Waals surface area (Å²) in [5, 5.41) is 7.94. The molecule has 0 fully saturated rings. The van der Waals surface area contributed by atoms with Gasteiger partial charge in [0.1, 0.15) is 11.6 Å². The zero-order valence-corrected chi connectivity index (χ0v) is 15.4. The Bertz CT molecular complexity index is 990. The molecule has 0 aliphatic rings. The van der Waals surface area contributed by atoms with Gasteiger partial charge in [-0.15, -0.1) is 0 Å². The smallest absolute Gasteiger partial charge is 0.319 e. The number of carbonyl (C=O) groups excluding carboxylic acids is 2. The predicted octanol–water partition coefficient (Wildman–Crippen LogP) is 4.22. The quantitative estimate of drug-likeness (QED) is 0.585. The van der Waals surface area contributed by atoms with Gasteiger partial charge in [0.05, 0.1) is 0 Å². The Morgan fingerprint density at radius 3 is 2.14 bits per heavy atom. The topological polar surface area (TPSA) is 70.2 Å². The monoisotopic (exact) mass is 395 g/mol. The third-order valence-corrected chi connectivity index (χ3v) is 4.17. The van der Waals surface area contributed by atoms with Crippen molar-refractivity contribution in [2.24, 2.45) is 0 Å². The summed E-state index contributed by atoms with van der Waals surface area (Å²) in [7, 11) is 0. The zero-order valence-electron chi connectivity index (χ0n) is 15.4. The minimum Gasteiger partial charge on any atom is -0.348 e. The lowest BCUT2D eigenvalue weighted by molar-refractivity contribution is 0.0951. The number of hydrogen-bond acceptors (Lipinski definition) is 2. The van der Waals surface area contributed by atoms with Gasteiger partial charge in [-0.2, -0.15) is 0 Å². The molecule has 0 atom stereocenters. The molecule has 5 nitrogen and oxygen atoms in total. The molecule has 3 rings (SSSR count). The van der Waals surface area contributed by atoms with Crippen LogP contribution in [0.1, 0.15) is 21.5 Å². The second kappa shape index (κ2) is 9.45. The Morgan fingerprint density at radius 2 is 1.45 bits per heavy atom. The SMILES string of the molecule is O=C(NCc1ccccc1F)Nc1ccc(C(=O)NCc2ccc(F)cc2)cc1. The minimum absolute atomic E-state index is 0.0579. The molecule has 0 aliphatic carbocycles. The molecule has 0 aromatic heterocycles. The molecule has 148 valence electrons. The maximum Gasteiger partial charge on any atom is 0.319 e. The van der Waals surface area contributed by atoms with Crippen LogP contribution in [0.15, 0.2) is 72.8 Å². The molecule has 3 aromatic rings. The molecule has 0 radical (unpaired) electrons. The first-order valence-electron chi connectivity index (χ1n) is 8.92. The van der Waals surface area contributed by atoms with E-state index in [0.717, 1.165) is 5.56 Å². The van der Waals surface area contributed by atoms with Gasteiger partial charge in [-0.25, -0.2) is 13.6 Å². The van der Waals surface area contributed by atoms with Crippen molar-refractivity contribution in [1.29, 1.82) is 0 Å². The van der Waals surface area contributed by atoms with Crippen molar-refractivity contribution in [1.82, 2.24) is 10.6 Å². The number of benzene rings is 3. The number of hydrogen-bond donors (Lipinski definition) is 3. The second-order valence-electron chi connectivity index (χ2n) is 6.29. The second-order valence-corrected chi connectivity index (χ2v) is 6.29. The van der Waals surface area contributed by atoms with Crippen molar-refractivity contribution in [3.8, 4) is 0 Å². The molecule has 3 amide bonds. The van der Waals surface area contributed by atoms with Gasteiger partial charge in [0.2, 0.25) is 0 Å². The standard InChI is InChI=1S/C22H19F2N3O2/c23-18-9-5-15(6-10-18)13-25-21(28)16-7-11-19(12-8-16)27-22(29)26-14-17-3-1-2-4-20(17)24/h1-12H,13-14H2,(H,25,28)(H2,26,27,29). The molecule has 3 aromatic carbocycles. The van der Waals surface area contributed by atoms with Crippen LogP contribution in [0.4, 0.5) is 19.3 Å². The van der Waals surface area contributed by atoms with Gasteiger partial charge in [0.15, 0.2) is 0 Å². The predicted molar refractivity (Wildman–Crippen MR) is 106 cm³/mol. The fourth-order valence-electron chi connectivity index (χ4n) is 2.58. The van der Waals surface area contributed by atoms with Crippen LogP contribution >= 0.6 is 0 Å². The fourth-order valence-corrected chi connectivity index (χ4v) is 2.58. The first-order chi connectivity index (χ1) is 14.0. The molecule has 0 unspecified atom stereocenters. The van der Waals surface area contributed by atoms with Crippen molar-refractivity contribution in [2.75, 3.05) is 5.32 Å². The van der Waals surface area contributed by atoms with E-state index in [9.17, 15) is 18.4 Å². The Morgan fingerprint density at radius 1 is 0.759 bits per heavy atom. The highest BCUT2D eigenvalue weighted by molar-refractivity contribution is 5.95. The summed E-state index contributed by atoms with van der Waals surface area (Å²) in [5.41, 5.74) is 2.08. The van der Waals surface area contributed by atoms with Crippen molar-refractivity contribution >= 4 is 17.6 Å². The molecule has 0 aliphatic heterocycles. The number of nitrogens with one attached hydrogen (secondary N) is 3. The first kappa shape index (κ1) is 20.0. The highest BCUT2D eigenvalue weighted by atomic mass is 19.1. The van der Waals surface area contributed by atoms with Gasteiger partial charge >= 0.3 is 6.03 Å². The van der Waals surface area contributed by atoms with Crippen LogP contribution in [-0.4, -0.2) is 11.9 Å². The first-order valence-corrected chi connectivity index (χ1v) is 8.92. The summed E-state index contributed by atoms with van der Waals surface area (Å²) in [6, 6.07) is 17.9. The summed E-state index contributed by atoms with van der Waals surface area (Å²) in [6.07, 6.45) is 0. The van der Waals surface area contributed by atoms with Crippen molar-refractivity contribution in [3.63, 3.8) is 0 Å². The Balaban J connectivity index is 1.48. The minimum atomic E-state index is -0.484. The molecule has 7 heteroatoms. The molecule has 0 bridgehead atoms. The molecule has 0 heterocycles. The van der Waals surface area contributed by atoms with Crippen LogP contribution in [0.5, 0.6) is 0 Å². The third-order valence-electron chi connectivity index (χ3n) is 4.17. The number of rotatable bonds is 6. The summed E-state index contributed by atoms with van der Waals surface area (Å²) in [5.74, 6) is -1.00. The fraction of sp³-hybridized carbons (Fsp3) is 0.0909. The molecule has 0 saturated carbocycles. The number of halogens is 2. The van der Waals surface area contributed by atoms with E-state index >= 15 is 0 Å². The zero-order chi connectivity index (χ0) is 20.6. The van der Waals surface area contributed by atoms with Gasteiger partial charge < -0.3 is 16.0 Å². The summed E-state index contributed by atoms with van der Waals surface area (Å²) in [6.45, 7) is 0.333. The molecular weight excluding hydrogens is 376 g/mol. The van der Waals surface area contributed by atoms with Crippen LogP contribution in [0.2, 0.25) is 0 Å². The van der Waals surface area contributed by atoms with E-state index in [4.69, 9.17) is 0 Å². The number of carbonyl (C=O) groups is 2. The van der Waals surface area contributed by atoms with Gasteiger partial charge in [0.25, 0.3) is 5.91 Å². The Hall–Kier alpha value is -3.74. The van der Waals surface area contributed by atoms with E-state index in [1.807, 2.05) is 0 Å². The van der Waals surface area contributed by atoms with E-state index in [2.05, 4.69) is 16.0 Å². The average Bonchev–Trinajstić information content (AvgIpc) is 2.73.